The van der Waals surface area contributed by atoms with Gasteiger partial charge in [0.15, 0.2) is 5.75 Å². The maximum absolute atomic E-state index is 13.4. The molecule has 0 bridgehead atoms. The van der Waals surface area contributed by atoms with Crippen LogP contribution in [0.25, 0.3) is 0 Å². The number of rotatable bonds is 12. The molecule has 0 radical (unpaired) electrons. The van der Waals surface area contributed by atoms with Gasteiger partial charge >= 0.3 is 0 Å². The molecule has 0 aliphatic rings. The lowest BCUT2D eigenvalue weighted by atomic mass is 10.1. The number of nitrogens with zero attached hydrogens (tertiary/aromatic N) is 3. The largest absolute Gasteiger partial charge is 0.454 e. The quantitative estimate of drug-likeness (QED) is 0.196. The first-order chi connectivity index (χ1) is 16.3. The van der Waals surface area contributed by atoms with E-state index < -0.39 is 10.0 Å². The van der Waals surface area contributed by atoms with Crippen LogP contribution in [0, 0.1) is 0 Å². The van der Waals surface area contributed by atoms with Gasteiger partial charge in [0.1, 0.15) is 17.0 Å². The van der Waals surface area contributed by atoms with Gasteiger partial charge < -0.3 is 19.9 Å². The van der Waals surface area contributed by atoms with Crippen LogP contribution in [-0.4, -0.2) is 47.3 Å². The molecule has 0 unspecified atom stereocenters. The van der Waals surface area contributed by atoms with Crippen molar-refractivity contribution in [2.24, 2.45) is 4.40 Å². The van der Waals surface area contributed by atoms with E-state index in [0.29, 0.717) is 24.5 Å². The van der Waals surface area contributed by atoms with Crippen molar-refractivity contribution >= 4 is 38.4 Å². The van der Waals surface area contributed by atoms with Crippen LogP contribution >= 0.6 is 11.3 Å². The minimum Gasteiger partial charge on any atom is -0.454 e. The summed E-state index contributed by atoms with van der Waals surface area (Å²) in [6.45, 7) is 3.35. The second-order valence-corrected chi connectivity index (χ2v) is 10.7. The van der Waals surface area contributed by atoms with Crippen LogP contribution in [0.2, 0.25) is 0 Å². The van der Waals surface area contributed by atoms with Crippen LogP contribution in [0.3, 0.4) is 0 Å². The standard InChI is InChI=1S/C25H32N4O3S2/c1-5-6-14-26-22-16-20(18-29(4)24-13-10-15-33-24)17-23(34(30,31)27-19-28(2)3)25(22)32-21-11-8-7-9-12-21/h7-13,15-17,19,26H,5-6,14,18H2,1-4H3. The summed E-state index contributed by atoms with van der Waals surface area (Å²) in [6.07, 6.45) is 3.25. The van der Waals surface area contributed by atoms with Crippen molar-refractivity contribution in [3.05, 3.63) is 65.5 Å². The Morgan fingerprint density at radius 3 is 2.50 bits per heavy atom. The van der Waals surface area contributed by atoms with Crippen molar-refractivity contribution in [1.29, 1.82) is 0 Å². The lowest BCUT2D eigenvalue weighted by Gasteiger charge is -2.21. The Hall–Kier alpha value is -3.04. The van der Waals surface area contributed by atoms with E-state index in [2.05, 4.69) is 21.5 Å². The lowest BCUT2D eigenvalue weighted by Crippen LogP contribution is -2.16. The maximum Gasteiger partial charge on any atom is 0.287 e. The van der Waals surface area contributed by atoms with Crippen LogP contribution in [0.5, 0.6) is 11.5 Å². The minimum atomic E-state index is -4.02. The minimum absolute atomic E-state index is 0.0329. The predicted octanol–water partition coefficient (Wildman–Crippen LogP) is 5.67. The van der Waals surface area contributed by atoms with Gasteiger partial charge in [-0.05, 0) is 53.8 Å². The zero-order chi connectivity index (χ0) is 24.6. The molecule has 1 heterocycles. The molecule has 0 saturated carbocycles. The topological polar surface area (TPSA) is 74.2 Å². The zero-order valence-corrected chi connectivity index (χ0v) is 21.7. The maximum atomic E-state index is 13.4. The smallest absolute Gasteiger partial charge is 0.287 e. The van der Waals surface area contributed by atoms with E-state index in [4.69, 9.17) is 4.74 Å². The number of ether oxygens (including phenoxy) is 1. The van der Waals surface area contributed by atoms with Crippen LogP contribution < -0.4 is 15.0 Å². The first kappa shape index (κ1) is 25.6. The van der Waals surface area contributed by atoms with E-state index in [0.717, 1.165) is 23.4 Å². The SMILES string of the molecule is CCCCNc1cc(CN(C)c2cccs2)cc(S(=O)(=O)N=CN(C)C)c1Oc1ccccc1. The Morgan fingerprint density at radius 2 is 1.85 bits per heavy atom. The first-order valence-corrected chi connectivity index (χ1v) is 13.5. The van der Waals surface area contributed by atoms with E-state index in [-0.39, 0.29) is 10.6 Å². The Morgan fingerprint density at radius 1 is 1.09 bits per heavy atom. The second-order valence-electron chi connectivity index (χ2n) is 8.13. The van der Waals surface area contributed by atoms with Crippen molar-refractivity contribution in [3.63, 3.8) is 0 Å². The molecule has 0 aliphatic carbocycles. The number of hydrogen-bond donors (Lipinski definition) is 1. The van der Waals surface area contributed by atoms with E-state index in [1.165, 1.54) is 6.34 Å². The molecule has 0 atom stereocenters. The van der Waals surface area contributed by atoms with Crippen LogP contribution in [-0.2, 0) is 16.6 Å². The Kier molecular flexibility index (Phi) is 8.95. The summed E-state index contributed by atoms with van der Waals surface area (Å²) in [5.74, 6) is 0.804. The van der Waals surface area contributed by atoms with Crippen LogP contribution in [0.4, 0.5) is 10.7 Å². The Balaban J connectivity index is 2.12. The highest BCUT2D eigenvalue weighted by atomic mass is 32.2. The van der Waals surface area contributed by atoms with Gasteiger partial charge in [0.2, 0.25) is 0 Å². The summed E-state index contributed by atoms with van der Waals surface area (Å²) in [7, 11) is 1.42. The first-order valence-electron chi connectivity index (χ1n) is 11.2. The average Bonchev–Trinajstić information content (AvgIpc) is 3.35. The highest BCUT2D eigenvalue weighted by molar-refractivity contribution is 7.90. The third-order valence-electron chi connectivity index (χ3n) is 4.92. The summed E-state index contributed by atoms with van der Waals surface area (Å²) < 4.78 is 36.8. The van der Waals surface area contributed by atoms with Crippen LogP contribution in [0.1, 0.15) is 25.3 Å². The molecule has 3 aromatic rings. The summed E-state index contributed by atoms with van der Waals surface area (Å²) >= 11 is 1.64. The van der Waals surface area contributed by atoms with Gasteiger partial charge in [0, 0.05) is 34.2 Å². The van der Waals surface area contributed by atoms with Gasteiger partial charge in [0.05, 0.1) is 10.7 Å². The molecule has 3 rings (SSSR count). The monoisotopic (exact) mass is 500 g/mol. The molecule has 7 nitrogen and oxygen atoms in total. The van der Waals surface area contributed by atoms with Gasteiger partial charge in [0.25, 0.3) is 10.0 Å². The number of thiophene rings is 1. The summed E-state index contributed by atoms with van der Waals surface area (Å²) in [5, 5.41) is 6.51. The van der Waals surface area contributed by atoms with Gasteiger partial charge in [-0.2, -0.15) is 8.42 Å². The molecular weight excluding hydrogens is 468 g/mol. The third-order valence-corrected chi connectivity index (χ3v) is 7.13. The number of para-hydroxylation sites is 1. The fraction of sp³-hybridized carbons (Fsp3) is 0.320. The number of hydrogen-bond acceptors (Lipinski definition) is 6. The molecule has 9 heteroatoms. The van der Waals surface area contributed by atoms with E-state index >= 15 is 0 Å². The van der Waals surface area contributed by atoms with Gasteiger partial charge in [-0.15, -0.1) is 15.7 Å². The number of benzene rings is 2. The van der Waals surface area contributed by atoms with E-state index in [1.54, 1.807) is 48.5 Å². The highest BCUT2D eigenvalue weighted by Crippen LogP contribution is 2.39. The highest BCUT2D eigenvalue weighted by Gasteiger charge is 2.24. The number of nitrogens with one attached hydrogen (secondary N) is 1. The Labute approximate surface area is 206 Å². The molecule has 34 heavy (non-hydrogen) atoms. The molecule has 1 N–H and O–H groups in total. The van der Waals surface area contributed by atoms with Gasteiger partial charge in [-0.25, -0.2) is 0 Å². The van der Waals surface area contributed by atoms with Crippen molar-refractivity contribution in [3.8, 4) is 11.5 Å². The number of sulfonamides is 1. The normalized spacial score (nSPS) is 11.5. The molecule has 1 aromatic heterocycles. The summed E-state index contributed by atoms with van der Waals surface area (Å²) in [6, 6.07) is 16.8. The van der Waals surface area contributed by atoms with Crippen molar-refractivity contribution in [1.82, 2.24) is 4.90 Å². The number of anilines is 2. The van der Waals surface area contributed by atoms with E-state index in [9.17, 15) is 8.42 Å². The van der Waals surface area contributed by atoms with Crippen LogP contribution in [0.15, 0.2) is 69.3 Å². The molecule has 0 amide bonds. The van der Waals surface area contributed by atoms with Gasteiger partial charge in [-0.3, -0.25) is 0 Å². The molecule has 0 saturated heterocycles. The van der Waals surface area contributed by atoms with Crippen molar-refractivity contribution in [2.75, 3.05) is 37.9 Å². The fourth-order valence-electron chi connectivity index (χ4n) is 3.24. The van der Waals surface area contributed by atoms with Gasteiger partial charge in [-0.1, -0.05) is 31.5 Å². The molecular formula is C25H32N4O3S2. The third kappa shape index (κ3) is 6.98. The Bertz CT molecular complexity index is 1180. The lowest BCUT2D eigenvalue weighted by molar-refractivity contribution is 0.469. The summed E-state index contributed by atoms with van der Waals surface area (Å²) in [4.78, 5) is 3.71. The molecule has 182 valence electrons. The molecule has 0 fully saturated rings. The van der Waals surface area contributed by atoms with Crippen molar-refractivity contribution in [2.45, 2.75) is 31.2 Å². The predicted molar refractivity (Wildman–Crippen MR) is 142 cm³/mol. The molecule has 0 aliphatic heterocycles. The molecule has 2 aromatic carbocycles. The fourth-order valence-corrected chi connectivity index (χ4v) is 5.05. The van der Waals surface area contributed by atoms with E-state index in [1.807, 2.05) is 48.8 Å². The zero-order valence-electron chi connectivity index (χ0n) is 20.1. The second kappa shape index (κ2) is 11.9. The van der Waals surface area contributed by atoms with Crippen molar-refractivity contribution < 1.29 is 13.2 Å². The number of unbranched alkanes of at least 4 members (excludes halogenated alkanes) is 1. The average molecular weight is 501 g/mol. The summed E-state index contributed by atoms with van der Waals surface area (Å²) in [5.41, 5.74) is 1.47. The molecule has 0 spiro atoms.